The van der Waals surface area contributed by atoms with Gasteiger partial charge in [-0.15, -0.1) is 0 Å². The third kappa shape index (κ3) is 4.71. The molecular weight excluding hydrogens is 426 g/mol. The highest BCUT2D eigenvalue weighted by Crippen LogP contribution is 2.35. The fraction of sp³-hybridized carbons (Fsp3) is 0.250. The normalized spacial score (nSPS) is 17.8. The number of nitrogens with one attached hydrogen (secondary N) is 2. The molecular formula is C28H29N3O3. The summed E-state index contributed by atoms with van der Waals surface area (Å²) in [7, 11) is 0. The fourth-order valence-corrected chi connectivity index (χ4v) is 4.56. The van der Waals surface area contributed by atoms with Gasteiger partial charge in [-0.2, -0.15) is 0 Å². The number of hydrogen-bond acceptors (Lipinski definition) is 3. The van der Waals surface area contributed by atoms with Gasteiger partial charge in [0.25, 0.3) is 5.91 Å². The average Bonchev–Trinajstić information content (AvgIpc) is 3.08. The van der Waals surface area contributed by atoms with E-state index in [0.29, 0.717) is 6.42 Å². The van der Waals surface area contributed by atoms with E-state index in [9.17, 15) is 14.4 Å². The Kier molecular flexibility index (Phi) is 6.77. The molecule has 0 aromatic heterocycles. The zero-order valence-corrected chi connectivity index (χ0v) is 19.4. The first-order chi connectivity index (χ1) is 16.4. The summed E-state index contributed by atoms with van der Waals surface area (Å²) in [6.45, 7) is 3.65. The molecule has 34 heavy (non-hydrogen) atoms. The molecule has 174 valence electrons. The van der Waals surface area contributed by atoms with Crippen molar-refractivity contribution in [1.82, 2.24) is 15.5 Å². The maximum absolute atomic E-state index is 13.6. The summed E-state index contributed by atoms with van der Waals surface area (Å²) in [6.07, 6.45) is 0.441. The molecule has 0 bridgehead atoms. The fourth-order valence-electron chi connectivity index (χ4n) is 4.56. The molecule has 3 aromatic carbocycles. The molecule has 1 aliphatic heterocycles. The summed E-state index contributed by atoms with van der Waals surface area (Å²) in [6, 6.07) is 27.5. The van der Waals surface area contributed by atoms with Crippen LogP contribution in [0.4, 0.5) is 4.79 Å². The van der Waals surface area contributed by atoms with E-state index in [1.807, 2.05) is 105 Å². The second-order valence-electron chi connectivity index (χ2n) is 9.01. The topological polar surface area (TPSA) is 78.5 Å². The maximum atomic E-state index is 13.6. The Morgan fingerprint density at radius 2 is 1.35 bits per heavy atom. The molecule has 4 rings (SSSR count). The van der Waals surface area contributed by atoms with Gasteiger partial charge in [-0.1, -0.05) is 105 Å². The van der Waals surface area contributed by atoms with Crippen LogP contribution in [0.2, 0.25) is 0 Å². The van der Waals surface area contributed by atoms with Gasteiger partial charge in [0.15, 0.2) is 0 Å². The molecule has 1 aliphatic rings. The van der Waals surface area contributed by atoms with Gasteiger partial charge in [0.2, 0.25) is 5.91 Å². The van der Waals surface area contributed by atoms with E-state index in [-0.39, 0.29) is 12.5 Å². The molecule has 3 aromatic rings. The highest BCUT2D eigenvalue weighted by Gasteiger charge is 2.52. The van der Waals surface area contributed by atoms with Crippen LogP contribution < -0.4 is 10.6 Å². The van der Waals surface area contributed by atoms with Crippen LogP contribution in [0.1, 0.15) is 43.0 Å². The molecule has 1 saturated heterocycles. The molecule has 1 heterocycles. The van der Waals surface area contributed by atoms with E-state index >= 15 is 0 Å². The number of benzene rings is 3. The Balaban J connectivity index is 1.57. The lowest BCUT2D eigenvalue weighted by Crippen LogP contribution is -2.46. The molecule has 4 amide bonds. The van der Waals surface area contributed by atoms with E-state index in [4.69, 9.17) is 0 Å². The zero-order chi connectivity index (χ0) is 24.1. The van der Waals surface area contributed by atoms with E-state index in [1.54, 1.807) is 0 Å². The molecule has 0 saturated carbocycles. The third-order valence-corrected chi connectivity index (χ3v) is 6.03. The minimum Gasteiger partial charge on any atom is -0.344 e. The van der Waals surface area contributed by atoms with E-state index in [0.717, 1.165) is 21.6 Å². The number of carbonyl (C=O) groups excluding carboxylic acids is 3. The van der Waals surface area contributed by atoms with Gasteiger partial charge in [0.1, 0.15) is 12.1 Å². The van der Waals surface area contributed by atoms with Crippen LogP contribution in [0, 0.1) is 5.92 Å². The van der Waals surface area contributed by atoms with Gasteiger partial charge < -0.3 is 10.6 Å². The van der Waals surface area contributed by atoms with Crippen LogP contribution in [0.25, 0.3) is 0 Å². The predicted octanol–water partition coefficient (Wildman–Crippen LogP) is 4.39. The van der Waals surface area contributed by atoms with Crippen LogP contribution in [0.3, 0.4) is 0 Å². The number of imide groups is 1. The van der Waals surface area contributed by atoms with Gasteiger partial charge >= 0.3 is 6.03 Å². The molecule has 6 heteroatoms. The Hall–Kier alpha value is -3.93. The van der Waals surface area contributed by atoms with Crippen molar-refractivity contribution in [2.45, 2.75) is 31.8 Å². The smallest absolute Gasteiger partial charge is 0.325 e. The minimum absolute atomic E-state index is 0.152. The van der Waals surface area contributed by atoms with Crippen LogP contribution in [0.15, 0.2) is 91.0 Å². The van der Waals surface area contributed by atoms with Gasteiger partial charge in [-0.3, -0.25) is 14.5 Å². The van der Waals surface area contributed by atoms with Gasteiger partial charge in [-0.05, 0) is 29.0 Å². The number of hydrogen-bond donors (Lipinski definition) is 2. The van der Waals surface area contributed by atoms with Crippen LogP contribution in [-0.4, -0.2) is 29.3 Å². The molecule has 1 fully saturated rings. The lowest BCUT2D eigenvalue weighted by Gasteiger charge is -2.29. The molecule has 0 radical (unpaired) electrons. The Bertz CT molecular complexity index is 1110. The number of carbonyl (C=O) groups is 3. The Labute approximate surface area is 200 Å². The minimum atomic E-state index is -1.18. The van der Waals surface area contributed by atoms with Gasteiger partial charge in [0.05, 0.1) is 6.04 Å². The average molecular weight is 456 g/mol. The highest BCUT2D eigenvalue weighted by molar-refractivity contribution is 6.09. The maximum Gasteiger partial charge on any atom is 0.325 e. The standard InChI is InChI=1S/C28H29N3O3/c1-20(2)18-28(23-16-10-5-11-17-23)26(33)31(27(34)30-28)19-24(32)29-25(21-12-6-3-7-13-21)22-14-8-4-9-15-22/h3-17,20,25H,18-19H2,1-2H3,(H,29,32)(H,30,34)/t28-/m1/s1. The van der Waals surface area contributed by atoms with Crippen molar-refractivity contribution in [3.63, 3.8) is 0 Å². The molecule has 0 aliphatic carbocycles. The molecule has 6 nitrogen and oxygen atoms in total. The first-order valence-corrected chi connectivity index (χ1v) is 11.5. The second-order valence-corrected chi connectivity index (χ2v) is 9.01. The summed E-state index contributed by atoms with van der Waals surface area (Å²) < 4.78 is 0. The van der Waals surface area contributed by atoms with Crippen molar-refractivity contribution in [1.29, 1.82) is 0 Å². The molecule has 0 unspecified atom stereocenters. The lowest BCUT2D eigenvalue weighted by atomic mass is 9.82. The predicted molar refractivity (Wildman–Crippen MR) is 131 cm³/mol. The summed E-state index contributed by atoms with van der Waals surface area (Å²) >= 11 is 0. The van der Waals surface area contributed by atoms with Crippen molar-refractivity contribution in [2.24, 2.45) is 5.92 Å². The summed E-state index contributed by atoms with van der Waals surface area (Å²) in [5.74, 6) is -0.656. The lowest BCUT2D eigenvalue weighted by molar-refractivity contribution is -0.135. The van der Waals surface area contributed by atoms with E-state index in [2.05, 4.69) is 10.6 Å². The first kappa shape index (κ1) is 23.2. The number of rotatable bonds is 8. The molecule has 2 N–H and O–H groups in total. The van der Waals surface area contributed by atoms with Crippen LogP contribution >= 0.6 is 0 Å². The van der Waals surface area contributed by atoms with Crippen molar-refractivity contribution in [3.05, 3.63) is 108 Å². The van der Waals surface area contributed by atoms with Crippen LogP contribution in [0.5, 0.6) is 0 Å². The third-order valence-electron chi connectivity index (χ3n) is 6.03. The largest absolute Gasteiger partial charge is 0.344 e. The number of urea groups is 1. The van der Waals surface area contributed by atoms with Gasteiger partial charge in [-0.25, -0.2) is 4.79 Å². The SMILES string of the molecule is CC(C)C[C@]1(c2ccccc2)NC(=O)N(CC(=O)NC(c2ccccc2)c2ccccc2)C1=O. The number of nitrogens with zero attached hydrogens (tertiary/aromatic N) is 1. The van der Waals surface area contributed by atoms with Crippen molar-refractivity contribution >= 4 is 17.8 Å². The van der Waals surface area contributed by atoms with Crippen molar-refractivity contribution < 1.29 is 14.4 Å². The highest BCUT2D eigenvalue weighted by atomic mass is 16.2. The van der Waals surface area contributed by atoms with Crippen molar-refractivity contribution in [2.75, 3.05) is 6.54 Å². The van der Waals surface area contributed by atoms with Crippen LogP contribution in [-0.2, 0) is 15.1 Å². The Morgan fingerprint density at radius 1 is 0.853 bits per heavy atom. The van der Waals surface area contributed by atoms with Crippen molar-refractivity contribution in [3.8, 4) is 0 Å². The first-order valence-electron chi connectivity index (χ1n) is 11.5. The summed E-state index contributed by atoms with van der Waals surface area (Å²) in [5.41, 5.74) is 1.37. The van der Waals surface area contributed by atoms with Gasteiger partial charge in [0, 0.05) is 0 Å². The Morgan fingerprint density at radius 3 is 1.85 bits per heavy atom. The quantitative estimate of drug-likeness (QED) is 0.495. The molecule has 0 spiro atoms. The number of amides is 4. The monoisotopic (exact) mass is 455 g/mol. The van der Waals surface area contributed by atoms with E-state index in [1.165, 1.54) is 0 Å². The zero-order valence-electron chi connectivity index (χ0n) is 19.4. The molecule has 1 atom stereocenters. The second kappa shape index (κ2) is 9.91. The van der Waals surface area contributed by atoms with E-state index < -0.39 is 29.4 Å². The summed E-state index contributed by atoms with van der Waals surface area (Å²) in [5, 5.41) is 5.91. The summed E-state index contributed by atoms with van der Waals surface area (Å²) in [4.78, 5) is 40.7.